The highest BCUT2D eigenvalue weighted by atomic mass is 19.1. The fourth-order valence-corrected chi connectivity index (χ4v) is 1.86. The number of ether oxygens (including phenoxy) is 1. The Hall–Kier alpha value is -2.40. The van der Waals surface area contributed by atoms with Crippen LogP contribution in [-0.2, 0) is 11.4 Å². The molecule has 2 aromatic rings. The lowest BCUT2D eigenvalue weighted by molar-refractivity contribution is -0.118. The molecule has 0 atom stereocenters. The van der Waals surface area contributed by atoms with Crippen LogP contribution in [0.15, 0.2) is 42.5 Å². The van der Waals surface area contributed by atoms with Gasteiger partial charge in [0.1, 0.15) is 11.6 Å². The third kappa shape index (κ3) is 4.57. The van der Waals surface area contributed by atoms with Crippen LogP contribution < -0.4 is 10.1 Å². The average molecular weight is 289 g/mol. The summed E-state index contributed by atoms with van der Waals surface area (Å²) in [5.74, 6) is -0.649. The standard InChI is InChI=1S/C16H16FNO3/c1-11-3-2-4-14(5-11)18-16(20)10-21-15-7-12(9-19)6-13(17)8-15/h2-8,19H,9-10H2,1H3,(H,18,20). The zero-order valence-corrected chi connectivity index (χ0v) is 11.6. The summed E-state index contributed by atoms with van der Waals surface area (Å²) in [7, 11) is 0. The van der Waals surface area contributed by atoms with E-state index in [0.717, 1.165) is 5.56 Å². The number of carbonyl (C=O) groups is 1. The monoisotopic (exact) mass is 289 g/mol. The number of benzene rings is 2. The third-order valence-electron chi connectivity index (χ3n) is 2.79. The van der Waals surface area contributed by atoms with Gasteiger partial charge in [0.05, 0.1) is 6.61 Å². The normalized spacial score (nSPS) is 10.2. The van der Waals surface area contributed by atoms with E-state index in [-0.39, 0.29) is 24.9 Å². The Labute approximate surface area is 122 Å². The zero-order chi connectivity index (χ0) is 15.2. The van der Waals surface area contributed by atoms with Gasteiger partial charge in [-0.05, 0) is 42.3 Å². The fourth-order valence-electron chi connectivity index (χ4n) is 1.86. The molecule has 110 valence electrons. The van der Waals surface area contributed by atoms with Crippen molar-refractivity contribution in [1.29, 1.82) is 0 Å². The van der Waals surface area contributed by atoms with Crippen LogP contribution in [0.2, 0.25) is 0 Å². The Morgan fingerprint density at radius 1 is 1.29 bits per heavy atom. The Bertz CT molecular complexity index is 643. The first-order valence-electron chi connectivity index (χ1n) is 6.46. The van der Waals surface area contributed by atoms with Gasteiger partial charge in [0.2, 0.25) is 0 Å². The van der Waals surface area contributed by atoms with Crippen LogP contribution in [0.1, 0.15) is 11.1 Å². The van der Waals surface area contributed by atoms with Crippen molar-refractivity contribution in [2.45, 2.75) is 13.5 Å². The molecule has 0 saturated heterocycles. The van der Waals surface area contributed by atoms with Gasteiger partial charge in [-0.2, -0.15) is 0 Å². The highest BCUT2D eigenvalue weighted by molar-refractivity contribution is 5.91. The topological polar surface area (TPSA) is 58.6 Å². The molecule has 0 fully saturated rings. The Balaban J connectivity index is 1.93. The highest BCUT2D eigenvalue weighted by Gasteiger charge is 2.06. The van der Waals surface area contributed by atoms with Gasteiger partial charge in [-0.3, -0.25) is 4.79 Å². The Morgan fingerprint density at radius 3 is 2.81 bits per heavy atom. The lowest BCUT2D eigenvalue weighted by Gasteiger charge is -2.09. The molecule has 4 nitrogen and oxygen atoms in total. The predicted molar refractivity (Wildman–Crippen MR) is 77.6 cm³/mol. The second-order valence-corrected chi connectivity index (χ2v) is 4.66. The molecule has 0 unspecified atom stereocenters. The van der Waals surface area contributed by atoms with Crippen molar-refractivity contribution >= 4 is 11.6 Å². The number of rotatable bonds is 5. The molecule has 0 aliphatic rings. The molecule has 2 N–H and O–H groups in total. The molecule has 0 saturated carbocycles. The SMILES string of the molecule is Cc1cccc(NC(=O)COc2cc(F)cc(CO)c2)c1. The third-order valence-corrected chi connectivity index (χ3v) is 2.79. The van der Waals surface area contributed by atoms with Gasteiger partial charge >= 0.3 is 0 Å². The van der Waals surface area contributed by atoms with Crippen LogP contribution in [0.3, 0.4) is 0 Å². The molecule has 0 bridgehead atoms. The summed E-state index contributed by atoms with van der Waals surface area (Å²) in [6.45, 7) is 1.40. The van der Waals surface area contributed by atoms with Crippen LogP contribution in [0.4, 0.5) is 10.1 Å². The molecule has 0 radical (unpaired) electrons. The van der Waals surface area contributed by atoms with Crippen molar-refractivity contribution in [2.75, 3.05) is 11.9 Å². The van der Waals surface area contributed by atoms with Gasteiger partial charge in [-0.25, -0.2) is 4.39 Å². The second kappa shape index (κ2) is 6.85. The van der Waals surface area contributed by atoms with Crippen molar-refractivity contribution in [3.8, 4) is 5.75 Å². The molecule has 2 rings (SSSR count). The van der Waals surface area contributed by atoms with E-state index >= 15 is 0 Å². The van der Waals surface area contributed by atoms with E-state index in [9.17, 15) is 9.18 Å². The van der Waals surface area contributed by atoms with E-state index < -0.39 is 5.82 Å². The second-order valence-electron chi connectivity index (χ2n) is 4.66. The summed E-state index contributed by atoms with van der Waals surface area (Å²) in [5, 5.41) is 11.7. The van der Waals surface area contributed by atoms with E-state index in [0.29, 0.717) is 11.3 Å². The molecular formula is C16H16FNO3. The summed E-state index contributed by atoms with van der Waals surface area (Å²) in [6.07, 6.45) is 0. The summed E-state index contributed by atoms with van der Waals surface area (Å²) in [5.41, 5.74) is 2.11. The number of aliphatic hydroxyl groups is 1. The number of nitrogens with one attached hydrogen (secondary N) is 1. The van der Waals surface area contributed by atoms with Crippen molar-refractivity contribution in [3.63, 3.8) is 0 Å². The molecule has 21 heavy (non-hydrogen) atoms. The summed E-state index contributed by atoms with van der Waals surface area (Å²) >= 11 is 0. The molecule has 2 aromatic carbocycles. The minimum Gasteiger partial charge on any atom is -0.484 e. The smallest absolute Gasteiger partial charge is 0.262 e. The van der Waals surface area contributed by atoms with Crippen molar-refractivity contribution in [1.82, 2.24) is 0 Å². The van der Waals surface area contributed by atoms with Crippen molar-refractivity contribution < 1.29 is 19.0 Å². The number of hydrogen-bond acceptors (Lipinski definition) is 3. The maximum atomic E-state index is 13.2. The number of aliphatic hydroxyl groups excluding tert-OH is 1. The zero-order valence-electron chi connectivity index (χ0n) is 11.6. The quantitative estimate of drug-likeness (QED) is 0.889. The first kappa shape index (κ1) is 15.0. The lowest BCUT2D eigenvalue weighted by atomic mass is 10.2. The summed E-state index contributed by atoms with van der Waals surface area (Å²) in [4.78, 5) is 11.8. The molecule has 0 aliphatic carbocycles. The molecule has 1 amide bonds. The number of aryl methyl sites for hydroxylation is 1. The average Bonchev–Trinajstić information content (AvgIpc) is 2.44. The number of hydrogen-bond donors (Lipinski definition) is 2. The number of carbonyl (C=O) groups excluding carboxylic acids is 1. The van der Waals surface area contributed by atoms with E-state index in [4.69, 9.17) is 9.84 Å². The predicted octanol–water partition coefficient (Wildman–Crippen LogP) is 2.64. The van der Waals surface area contributed by atoms with Gasteiger partial charge in [0.15, 0.2) is 6.61 Å². The van der Waals surface area contributed by atoms with Crippen LogP contribution in [0.5, 0.6) is 5.75 Å². The molecule has 0 aromatic heterocycles. The van der Waals surface area contributed by atoms with Gasteiger partial charge in [-0.15, -0.1) is 0 Å². The minimum atomic E-state index is -0.518. The molecule has 5 heteroatoms. The van der Waals surface area contributed by atoms with Crippen LogP contribution >= 0.6 is 0 Å². The van der Waals surface area contributed by atoms with E-state index in [1.807, 2.05) is 25.1 Å². The minimum absolute atomic E-state index is 0.207. The van der Waals surface area contributed by atoms with E-state index in [1.165, 1.54) is 18.2 Å². The number of amides is 1. The maximum absolute atomic E-state index is 13.2. The number of halogens is 1. The lowest BCUT2D eigenvalue weighted by Crippen LogP contribution is -2.20. The van der Waals surface area contributed by atoms with Crippen molar-refractivity contribution in [3.05, 3.63) is 59.4 Å². The highest BCUT2D eigenvalue weighted by Crippen LogP contribution is 2.16. The first-order valence-corrected chi connectivity index (χ1v) is 6.46. The summed E-state index contributed by atoms with van der Waals surface area (Å²) < 4.78 is 18.5. The largest absolute Gasteiger partial charge is 0.484 e. The number of anilines is 1. The van der Waals surface area contributed by atoms with Crippen LogP contribution in [0, 0.1) is 12.7 Å². The van der Waals surface area contributed by atoms with E-state index in [1.54, 1.807) is 6.07 Å². The molecule has 0 aliphatic heterocycles. The first-order chi connectivity index (χ1) is 10.1. The van der Waals surface area contributed by atoms with Gasteiger partial charge in [0, 0.05) is 11.8 Å². The van der Waals surface area contributed by atoms with Crippen molar-refractivity contribution in [2.24, 2.45) is 0 Å². The van der Waals surface area contributed by atoms with Gasteiger partial charge < -0.3 is 15.2 Å². The van der Waals surface area contributed by atoms with Gasteiger partial charge in [0.25, 0.3) is 5.91 Å². The maximum Gasteiger partial charge on any atom is 0.262 e. The van der Waals surface area contributed by atoms with Crippen LogP contribution in [-0.4, -0.2) is 17.6 Å². The Kier molecular flexibility index (Phi) is 4.90. The van der Waals surface area contributed by atoms with Crippen LogP contribution in [0.25, 0.3) is 0 Å². The molecule has 0 spiro atoms. The fraction of sp³-hybridized carbons (Fsp3) is 0.188. The van der Waals surface area contributed by atoms with Gasteiger partial charge in [-0.1, -0.05) is 12.1 Å². The molecular weight excluding hydrogens is 273 g/mol. The van der Waals surface area contributed by atoms with E-state index in [2.05, 4.69) is 5.32 Å². The summed E-state index contributed by atoms with van der Waals surface area (Å²) in [6, 6.07) is 11.2. The molecule has 0 heterocycles. The Morgan fingerprint density at radius 2 is 2.10 bits per heavy atom.